The molecule has 2 aromatic rings. The van der Waals surface area contributed by atoms with E-state index in [9.17, 15) is 33.0 Å². The van der Waals surface area contributed by atoms with Gasteiger partial charge in [-0.1, -0.05) is 12.1 Å². The summed E-state index contributed by atoms with van der Waals surface area (Å²) in [6.07, 6.45) is -5.34. The Morgan fingerprint density at radius 3 is 2.21 bits per heavy atom. The Morgan fingerprint density at radius 2 is 1.69 bits per heavy atom. The highest BCUT2D eigenvalue weighted by Gasteiger charge is 2.66. The monoisotopic (exact) mass is 410 g/mol. The highest BCUT2D eigenvalue weighted by Crippen LogP contribution is 2.44. The van der Waals surface area contributed by atoms with Crippen molar-refractivity contribution < 1.29 is 37.7 Å². The number of rotatable bonds is 4. The third-order valence-electron chi connectivity index (χ3n) is 4.72. The van der Waals surface area contributed by atoms with E-state index in [-0.39, 0.29) is 16.9 Å². The molecule has 4 N–H and O–H groups in total. The van der Waals surface area contributed by atoms with Crippen molar-refractivity contribution in [2.75, 3.05) is 7.11 Å². The summed E-state index contributed by atoms with van der Waals surface area (Å²) in [5, 5.41) is 23.6. The number of nitrogens with one attached hydrogen (secondary N) is 2. The van der Waals surface area contributed by atoms with Gasteiger partial charge in [0.1, 0.15) is 17.4 Å². The van der Waals surface area contributed by atoms with Crippen LogP contribution in [0.1, 0.15) is 22.0 Å². The van der Waals surface area contributed by atoms with Crippen LogP contribution in [0.2, 0.25) is 0 Å². The van der Waals surface area contributed by atoms with Gasteiger partial charge in [0.25, 0.3) is 0 Å². The van der Waals surface area contributed by atoms with Gasteiger partial charge in [-0.05, 0) is 42.0 Å². The molecule has 1 aliphatic rings. The molecule has 1 saturated heterocycles. The van der Waals surface area contributed by atoms with E-state index in [1.165, 1.54) is 61.0 Å². The zero-order valence-corrected chi connectivity index (χ0v) is 15.0. The first-order chi connectivity index (χ1) is 13.6. The van der Waals surface area contributed by atoms with E-state index in [0.717, 1.165) is 0 Å². The van der Waals surface area contributed by atoms with Crippen molar-refractivity contribution in [3.05, 3.63) is 59.7 Å². The lowest BCUT2D eigenvalue weighted by Crippen LogP contribution is -2.72. The molecule has 7 nitrogen and oxygen atoms in total. The van der Waals surface area contributed by atoms with Crippen molar-refractivity contribution in [2.24, 2.45) is 5.92 Å². The third kappa shape index (κ3) is 3.70. The number of phenolic OH excluding ortho intramolecular Hbond substituents is 1. The molecule has 3 atom stereocenters. The number of ether oxygens (including phenoxy) is 1. The SMILES string of the molecule is COc1ccc(C(=O)[C@@H]2[C@@H](c3ccc(O)cc3)NC(=O)N[C@]2(O)C(F)(F)F)cc1. The fourth-order valence-electron chi connectivity index (χ4n) is 3.23. The number of Topliss-reactive ketones (excluding diaryl/α,β-unsaturated/α-hetero) is 1. The number of aliphatic hydroxyl groups is 1. The van der Waals surface area contributed by atoms with E-state index < -0.39 is 35.7 Å². The van der Waals surface area contributed by atoms with E-state index in [4.69, 9.17) is 4.74 Å². The molecule has 1 heterocycles. The van der Waals surface area contributed by atoms with Crippen LogP contribution in [-0.2, 0) is 0 Å². The topological polar surface area (TPSA) is 108 Å². The number of aromatic hydroxyl groups is 1. The molecule has 0 saturated carbocycles. The highest BCUT2D eigenvalue weighted by molar-refractivity contribution is 6.00. The zero-order valence-electron chi connectivity index (χ0n) is 15.0. The van der Waals surface area contributed by atoms with Gasteiger partial charge >= 0.3 is 12.2 Å². The molecular weight excluding hydrogens is 393 g/mol. The maximum absolute atomic E-state index is 13.8. The Labute approximate surface area is 163 Å². The number of amides is 2. The molecule has 0 unspecified atom stereocenters. The Morgan fingerprint density at radius 1 is 1.10 bits per heavy atom. The minimum atomic E-state index is -5.34. The van der Waals surface area contributed by atoms with Crippen LogP contribution >= 0.6 is 0 Å². The molecule has 1 fully saturated rings. The molecule has 0 bridgehead atoms. The first kappa shape index (κ1) is 20.5. The minimum Gasteiger partial charge on any atom is -0.508 e. The van der Waals surface area contributed by atoms with Crippen molar-refractivity contribution in [1.82, 2.24) is 10.6 Å². The maximum Gasteiger partial charge on any atom is 0.437 e. The van der Waals surface area contributed by atoms with Gasteiger partial charge in [-0.2, -0.15) is 13.2 Å². The summed E-state index contributed by atoms with van der Waals surface area (Å²) >= 11 is 0. The van der Waals surface area contributed by atoms with Crippen molar-refractivity contribution in [1.29, 1.82) is 0 Å². The molecule has 1 aliphatic heterocycles. The molecule has 0 spiro atoms. The van der Waals surface area contributed by atoms with Crippen LogP contribution in [0.15, 0.2) is 48.5 Å². The van der Waals surface area contributed by atoms with Crippen molar-refractivity contribution in [3.8, 4) is 11.5 Å². The molecule has 2 aromatic carbocycles. The van der Waals surface area contributed by atoms with Gasteiger partial charge in [0.2, 0.25) is 5.72 Å². The first-order valence-electron chi connectivity index (χ1n) is 8.42. The van der Waals surface area contributed by atoms with Gasteiger partial charge in [0.15, 0.2) is 5.78 Å². The summed E-state index contributed by atoms with van der Waals surface area (Å²) in [6, 6.07) is 7.44. The van der Waals surface area contributed by atoms with E-state index in [0.29, 0.717) is 5.75 Å². The van der Waals surface area contributed by atoms with Crippen molar-refractivity contribution in [2.45, 2.75) is 17.9 Å². The lowest BCUT2D eigenvalue weighted by atomic mass is 9.77. The minimum absolute atomic E-state index is 0.104. The van der Waals surface area contributed by atoms with Crippen LogP contribution in [0.25, 0.3) is 0 Å². The Kier molecular flexibility index (Phi) is 5.14. The molecule has 0 aromatic heterocycles. The maximum atomic E-state index is 13.8. The van der Waals surface area contributed by atoms with Crippen molar-refractivity contribution in [3.63, 3.8) is 0 Å². The van der Waals surface area contributed by atoms with Gasteiger partial charge < -0.3 is 25.6 Å². The summed E-state index contributed by atoms with van der Waals surface area (Å²) in [6.45, 7) is 0. The summed E-state index contributed by atoms with van der Waals surface area (Å²) in [5.74, 6) is -2.95. The van der Waals surface area contributed by atoms with Crippen molar-refractivity contribution >= 4 is 11.8 Å². The number of carbonyl (C=O) groups excluding carboxylic acids is 2. The summed E-state index contributed by atoms with van der Waals surface area (Å²) in [4.78, 5) is 25.0. The molecule has 2 amide bonds. The van der Waals surface area contributed by atoms with E-state index in [2.05, 4.69) is 5.32 Å². The molecule has 3 rings (SSSR count). The predicted molar refractivity (Wildman–Crippen MR) is 94.3 cm³/mol. The number of methoxy groups -OCH3 is 1. The molecule has 29 heavy (non-hydrogen) atoms. The lowest BCUT2D eigenvalue weighted by molar-refractivity contribution is -0.287. The van der Waals surface area contributed by atoms with Gasteiger partial charge in [0.05, 0.1) is 13.2 Å². The average molecular weight is 410 g/mol. The first-order valence-corrected chi connectivity index (χ1v) is 8.42. The number of hydrogen-bond acceptors (Lipinski definition) is 5. The molecule has 0 radical (unpaired) electrons. The van der Waals surface area contributed by atoms with Crippen LogP contribution in [0.3, 0.4) is 0 Å². The number of hydrogen-bond donors (Lipinski definition) is 4. The second kappa shape index (κ2) is 7.28. The normalized spacial score (nSPS) is 24.4. The van der Waals surface area contributed by atoms with Gasteiger partial charge in [-0.15, -0.1) is 0 Å². The quantitative estimate of drug-likeness (QED) is 0.580. The fourth-order valence-corrected chi connectivity index (χ4v) is 3.23. The van der Waals surface area contributed by atoms with E-state index >= 15 is 0 Å². The zero-order chi connectivity index (χ0) is 21.4. The second-order valence-electron chi connectivity index (χ2n) is 6.50. The highest BCUT2D eigenvalue weighted by atomic mass is 19.4. The summed E-state index contributed by atoms with van der Waals surface area (Å²) in [5.41, 5.74) is -3.82. The largest absolute Gasteiger partial charge is 0.508 e. The summed E-state index contributed by atoms with van der Waals surface area (Å²) in [7, 11) is 1.39. The third-order valence-corrected chi connectivity index (χ3v) is 4.72. The van der Waals surface area contributed by atoms with Gasteiger partial charge in [0, 0.05) is 5.56 Å². The average Bonchev–Trinajstić information content (AvgIpc) is 2.67. The smallest absolute Gasteiger partial charge is 0.437 e. The Balaban J connectivity index is 2.13. The predicted octanol–water partition coefficient (Wildman–Crippen LogP) is 2.50. The number of ketones is 1. The number of phenols is 1. The van der Waals surface area contributed by atoms with E-state index in [1.807, 2.05) is 0 Å². The second-order valence-corrected chi connectivity index (χ2v) is 6.50. The lowest BCUT2D eigenvalue weighted by Gasteiger charge is -2.45. The molecular formula is C19H17F3N2O5. The number of alkyl halides is 3. The van der Waals surface area contributed by atoms with Crippen LogP contribution in [-0.4, -0.2) is 41.0 Å². The van der Waals surface area contributed by atoms with Gasteiger partial charge in [-0.3, -0.25) is 4.79 Å². The Hall–Kier alpha value is -3.27. The molecule has 0 aliphatic carbocycles. The van der Waals surface area contributed by atoms with Crippen LogP contribution in [0.4, 0.5) is 18.0 Å². The fraction of sp³-hybridized carbons (Fsp3) is 0.263. The van der Waals surface area contributed by atoms with Gasteiger partial charge in [-0.25, -0.2) is 4.79 Å². The number of carbonyl (C=O) groups is 2. The summed E-state index contributed by atoms with van der Waals surface area (Å²) < 4.78 is 46.3. The number of benzene rings is 2. The number of halogens is 3. The van der Waals surface area contributed by atoms with Crippen LogP contribution in [0.5, 0.6) is 11.5 Å². The molecule has 10 heteroatoms. The van der Waals surface area contributed by atoms with Crippen LogP contribution in [0, 0.1) is 5.92 Å². The standard InChI is InChI=1S/C19H17F3N2O5/c1-29-13-8-4-11(5-9-13)16(26)14-15(10-2-6-12(25)7-3-10)23-17(27)24-18(14,28)19(20,21)22/h2-9,14-15,25,28H,1H3,(H2,23,24,27)/t14-,15+,18+/m0/s1. The van der Waals surface area contributed by atoms with E-state index in [1.54, 1.807) is 0 Å². The molecule has 154 valence electrons. The number of urea groups is 1. The van der Waals surface area contributed by atoms with Crippen LogP contribution < -0.4 is 15.4 Å². The Bertz CT molecular complexity index is 915.